The molecule has 3 rings (SSSR count). The molecule has 1 amide bonds. The average Bonchev–Trinajstić information content (AvgIpc) is 3.02. The molecule has 1 aromatic heterocycles. The van der Waals surface area contributed by atoms with Crippen LogP contribution in [0.2, 0.25) is 10.0 Å². The van der Waals surface area contributed by atoms with E-state index in [1.807, 2.05) is 25.1 Å². The Morgan fingerprint density at radius 2 is 1.74 bits per heavy atom. The number of nitrogens with one attached hydrogen (secondary N) is 1. The zero-order valence-corrected chi connectivity index (χ0v) is 13.8. The van der Waals surface area contributed by atoms with Gasteiger partial charge >= 0.3 is 0 Å². The van der Waals surface area contributed by atoms with Gasteiger partial charge in [0.25, 0.3) is 5.91 Å². The number of hydrogen-bond donors (Lipinski definition) is 1. The molecule has 0 aliphatic carbocycles. The summed E-state index contributed by atoms with van der Waals surface area (Å²) in [7, 11) is 0. The zero-order valence-electron chi connectivity index (χ0n) is 12.3. The molecule has 0 saturated heterocycles. The molecule has 1 heterocycles. The van der Waals surface area contributed by atoms with Crippen molar-refractivity contribution in [2.75, 3.05) is 5.32 Å². The molecule has 3 aromatic rings. The number of aryl methyl sites for hydroxylation is 1. The van der Waals surface area contributed by atoms with Gasteiger partial charge in [0.2, 0.25) is 0 Å². The van der Waals surface area contributed by atoms with E-state index in [2.05, 4.69) is 5.32 Å². The Morgan fingerprint density at radius 3 is 2.43 bits per heavy atom. The lowest BCUT2D eigenvalue weighted by atomic mass is 10.2. The number of carbonyl (C=O) groups excluding carboxylic acids is 1. The van der Waals surface area contributed by atoms with Crippen LogP contribution in [0, 0.1) is 6.92 Å². The number of carbonyl (C=O) groups is 1. The van der Waals surface area contributed by atoms with Gasteiger partial charge in [-0.3, -0.25) is 4.79 Å². The number of amides is 1. The average molecular weight is 346 g/mol. The highest BCUT2D eigenvalue weighted by Gasteiger charge is 2.13. The second kappa shape index (κ2) is 6.49. The Bertz CT molecular complexity index is 854. The monoisotopic (exact) mass is 345 g/mol. The minimum absolute atomic E-state index is 0.228. The van der Waals surface area contributed by atoms with Crippen LogP contribution in [0.25, 0.3) is 11.3 Å². The number of anilines is 1. The second-order valence-electron chi connectivity index (χ2n) is 5.09. The van der Waals surface area contributed by atoms with Gasteiger partial charge in [-0.1, -0.05) is 29.3 Å². The topological polar surface area (TPSA) is 42.2 Å². The first-order chi connectivity index (χ1) is 11.0. The molecule has 0 radical (unpaired) electrons. The summed E-state index contributed by atoms with van der Waals surface area (Å²) in [6.45, 7) is 1.90. The van der Waals surface area contributed by atoms with Crippen LogP contribution in [0.3, 0.4) is 0 Å². The van der Waals surface area contributed by atoms with Gasteiger partial charge in [-0.25, -0.2) is 0 Å². The summed E-state index contributed by atoms with van der Waals surface area (Å²) < 4.78 is 5.61. The zero-order chi connectivity index (χ0) is 16.4. The standard InChI is InChI=1S/C18H13Cl2NO2/c1-11-2-7-14(10-15(11)20)21-18(22)17-9-8-16(23-17)12-3-5-13(19)6-4-12/h2-10H,1H3,(H,21,22). The quantitative estimate of drug-likeness (QED) is 0.650. The van der Waals surface area contributed by atoms with Crippen molar-refractivity contribution in [3.05, 3.63) is 76.0 Å². The summed E-state index contributed by atoms with van der Waals surface area (Å²) in [4.78, 5) is 12.2. The van der Waals surface area contributed by atoms with Crippen LogP contribution in [-0.4, -0.2) is 5.91 Å². The third-order valence-corrected chi connectivity index (χ3v) is 4.05. The molecule has 5 heteroatoms. The molecule has 0 aliphatic rings. The van der Waals surface area contributed by atoms with Crippen LogP contribution in [0.5, 0.6) is 0 Å². The van der Waals surface area contributed by atoms with Gasteiger partial charge < -0.3 is 9.73 Å². The van der Waals surface area contributed by atoms with Crippen LogP contribution in [0.4, 0.5) is 5.69 Å². The van der Waals surface area contributed by atoms with Crippen molar-refractivity contribution in [3.63, 3.8) is 0 Å². The lowest BCUT2D eigenvalue weighted by Gasteiger charge is -2.05. The lowest BCUT2D eigenvalue weighted by molar-refractivity contribution is 0.0997. The summed E-state index contributed by atoms with van der Waals surface area (Å²) in [6.07, 6.45) is 0. The van der Waals surface area contributed by atoms with Gasteiger partial charge in [-0.15, -0.1) is 0 Å². The van der Waals surface area contributed by atoms with E-state index in [0.717, 1.165) is 11.1 Å². The minimum atomic E-state index is -0.329. The fraction of sp³-hybridized carbons (Fsp3) is 0.0556. The molecular weight excluding hydrogens is 333 g/mol. The third kappa shape index (κ3) is 3.58. The summed E-state index contributed by atoms with van der Waals surface area (Å²) in [6, 6.07) is 15.9. The highest BCUT2D eigenvalue weighted by Crippen LogP contribution is 2.25. The largest absolute Gasteiger partial charge is 0.451 e. The molecule has 23 heavy (non-hydrogen) atoms. The van der Waals surface area contributed by atoms with Crippen LogP contribution in [0.1, 0.15) is 16.1 Å². The van der Waals surface area contributed by atoms with Crippen molar-refractivity contribution in [2.45, 2.75) is 6.92 Å². The third-order valence-electron chi connectivity index (χ3n) is 3.39. The number of benzene rings is 2. The van der Waals surface area contributed by atoms with E-state index < -0.39 is 0 Å². The molecule has 0 fully saturated rings. The van der Waals surface area contributed by atoms with Crippen molar-refractivity contribution in [3.8, 4) is 11.3 Å². The summed E-state index contributed by atoms with van der Waals surface area (Å²) in [5.74, 6) is 0.505. The SMILES string of the molecule is Cc1ccc(NC(=O)c2ccc(-c3ccc(Cl)cc3)o2)cc1Cl. The molecule has 1 N–H and O–H groups in total. The van der Waals surface area contributed by atoms with Crippen molar-refractivity contribution in [1.29, 1.82) is 0 Å². The van der Waals surface area contributed by atoms with Gasteiger partial charge in [0.05, 0.1) is 0 Å². The number of furan rings is 1. The maximum atomic E-state index is 12.2. The normalized spacial score (nSPS) is 10.6. The van der Waals surface area contributed by atoms with Crippen LogP contribution in [0.15, 0.2) is 59.0 Å². The van der Waals surface area contributed by atoms with Crippen molar-refractivity contribution in [2.24, 2.45) is 0 Å². The Hall–Kier alpha value is -2.23. The summed E-state index contributed by atoms with van der Waals surface area (Å²) >= 11 is 11.9. The summed E-state index contributed by atoms with van der Waals surface area (Å²) in [5, 5.41) is 4.01. The van der Waals surface area contributed by atoms with Crippen molar-refractivity contribution in [1.82, 2.24) is 0 Å². The van der Waals surface area contributed by atoms with E-state index in [0.29, 0.717) is 21.5 Å². The predicted molar refractivity (Wildman–Crippen MR) is 93.3 cm³/mol. The molecule has 0 atom stereocenters. The maximum Gasteiger partial charge on any atom is 0.291 e. The van der Waals surface area contributed by atoms with E-state index in [1.165, 1.54) is 0 Å². The molecule has 0 unspecified atom stereocenters. The van der Waals surface area contributed by atoms with Gasteiger partial charge in [0, 0.05) is 21.3 Å². The van der Waals surface area contributed by atoms with E-state index in [4.69, 9.17) is 27.6 Å². The fourth-order valence-electron chi connectivity index (χ4n) is 2.09. The van der Waals surface area contributed by atoms with E-state index in [9.17, 15) is 4.79 Å². The van der Waals surface area contributed by atoms with Crippen LogP contribution >= 0.6 is 23.2 Å². The van der Waals surface area contributed by atoms with Crippen LogP contribution < -0.4 is 5.32 Å². The molecule has 0 saturated carbocycles. The van der Waals surface area contributed by atoms with Gasteiger partial charge in [-0.2, -0.15) is 0 Å². The first kappa shape index (κ1) is 15.7. The molecule has 0 bridgehead atoms. The molecule has 3 nitrogen and oxygen atoms in total. The first-order valence-corrected chi connectivity index (χ1v) is 7.72. The van der Waals surface area contributed by atoms with Gasteiger partial charge in [-0.05, 0) is 61.0 Å². The van der Waals surface area contributed by atoms with E-state index in [-0.39, 0.29) is 11.7 Å². The Kier molecular flexibility index (Phi) is 4.42. The Morgan fingerprint density at radius 1 is 1.00 bits per heavy atom. The van der Waals surface area contributed by atoms with Gasteiger partial charge in [0.15, 0.2) is 5.76 Å². The first-order valence-electron chi connectivity index (χ1n) is 6.96. The minimum Gasteiger partial charge on any atom is -0.451 e. The molecule has 0 aliphatic heterocycles. The second-order valence-corrected chi connectivity index (χ2v) is 5.93. The van der Waals surface area contributed by atoms with Crippen molar-refractivity contribution < 1.29 is 9.21 Å². The maximum absolute atomic E-state index is 12.2. The lowest BCUT2D eigenvalue weighted by Crippen LogP contribution is -2.10. The van der Waals surface area contributed by atoms with Gasteiger partial charge in [0.1, 0.15) is 5.76 Å². The highest BCUT2D eigenvalue weighted by atomic mass is 35.5. The van der Waals surface area contributed by atoms with Crippen molar-refractivity contribution >= 4 is 34.8 Å². The summed E-state index contributed by atoms with van der Waals surface area (Å²) in [5.41, 5.74) is 2.43. The molecule has 0 spiro atoms. The molecule has 2 aromatic carbocycles. The number of halogens is 2. The highest BCUT2D eigenvalue weighted by molar-refractivity contribution is 6.31. The van der Waals surface area contributed by atoms with E-state index >= 15 is 0 Å². The molecule has 116 valence electrons. The predicted octanol–water partition coefficient (Wildman–Crippen LogP) is 5.81. The Balaban J connectivity index is 1.78. The number of hydrogen-bond acceptors (Lipinski definition) is 2. The smallest absolute Gasteiger partial charge is 0.291 e. The van der Waals surface area contributed by atoms with Crippen LogP contribution in [-0.2, 0) is 0 Å². The Labute approximate surface area is 143 Å². The molecular formula is C18H13Cl2NO2. The number of rotatable bonds is 3. The fourth-order valence-corrected chi connectivity index (χ4v) is 2.40. The van der Waals surface area contributed by atoms with E-state index in [1.54, 1.807) is 36.4 Å².